The highest BCUT2D eigenvalue weighted by Gasteiger charge is 2.23. The first-order valence-corrected chi connectivity index (χ1v) is 7.13. The standard InChI is InChI=1S/C13H20N2O4S/c1-8-9(7-20-15-8)11(16)14-10(12(17)18)5-6-19-13(2,3)4/h7,10H,5-6H2,1-4H3,(H,14,16)(H,17,18). The number of hydrogen-bond acceptors (Lipinski definition) is 5. The van der Waals surface area contributed by atoms with Gasteiger partial charge >= 0.3 is 5.97 Å². The van der Waals surface area contributed by atoms with E-state index in [1.165, 1.54) is 11.5 Å². The van der Waals surface area contributed by atoms with Crippen LogP contribution in [0.5, 0.6) is 0 Å². The van der Waals surface area contributed by atoms with Crippen LogP contribution in [-0.2, 0) is 9.53 Å². The summed E-state index contributed by atoms with van der Waals surface area (Å²) in [5.74, 6) is -1.49. The van der Waals surface area contributed by atoms with Gasteiger partial charge in [0, 0.05) is 18.4 Å². The van der Waals surface area contributed by atoms with E-state index in [0.29, 0.717) is 11.3 Å². The molecule has 0 fully saturated rings. The molecule has 1 aromatic rings. The van der Waals surface area contributed by atoms with Crippen molar-refractivity contribution in [2.24, 2.45) is 0 Å². The molecule has 1 aromatic heterocycles. The molecule has 0 saturated heterocycles. The van der Waals surface area contributed by atoms with Gasteiger partial charge in [0.2, 0.25) is 0 Å². The average Bonchev–Trinajstić information content (AvgIpc) is 2.72. The molecule has 0 aliphatic rings. The molecule has 0 aliphatic heterocycles. The topological polar surface area (TPSA) is 88.5 Å². The van der Waals surface area contributed by atoms with Crippen molar-refractivity contribution in [3.05, 3.63) is 16.6 Å². The summed E-state index contributed by atoms with van der Waals surface area (Å²) in [6, 6.07) is -0.968. The first-order valence-electron chi connectivity index (χ1n) is 6.29. The van der Waals surface area contributed by atoms with Crippen LogP contribution in [0.15, 0.2) is 5.38 Å². The molecule has 1 rings (SSSR count). The van der Waals surface area contributed by atoms with Crippen molar-refractivity contribution in [2.45, 2.75) is 45.8 Å². The second kappa shape index (κ2) is 6.81. The molecule has 0 saturated carbocycles. The number of amides is 1. The van der Waals surface area contributed by atoms with Crippen molar-refractivity contribution in [2.75, 3.05) is 6.61 Å². The van der Waals surface area contributed by atoms with Crippen LogP contribution in [0, 0.1) is 6.92 Å². The highest BCUT2D eigenvalue weighted by molar-refractivity contribution is 7.03. The Morgan fingerprint density at radius 2 is 2.15 bits per heavy atom. The summed E-state index contributed by atoms with van der Waals surface area (Å²) < 4.78 is 9.47. The minimum atomic E-state index is -1.07. The Morgan fingerprint density at radius 3 is 2.60 bits per heavy atom. The number of nitrogens with zero attached hydrogens (tertiary/aromatic N) is 1. The predicted octanol–water partition coefficient (Wildman–Crippen LogP) is 1.84. The Bertz CT molecular complexity index is 479. The van der Waals surface area contributed by atoms with E-state index in [0.717, 1.165) is 0 Å². The van der Waals surface area contributed by atoms with Gasteiger partial charge in [0.1, 0.15) is 6.04 Å². The third-order valence-corrected chi connectivity index (χ3v) is 3.26. The molecule has 0 radical (unpaired) electrons. The molecule has 0 aromatic carbocycles. The van der Waals surface area contributed by atoms with E-state index >= 15 is 0 Å². The summed E-state index contributed by atoms with van der Waals surface area (Å²) in [7, 11) is 0. The molecule has 2 N–H and O–H groups in total. The van der Waals surface area contributed by atoms with Gasteiger partial charge in [0.25, 0.3) is 5.91 Å². The number of carboxylic acids is 1. The van der Waals surface area contributed by atoms with Crippen molar-refractivity contribution in [1.29, 1.82) is 0 Å². The fourth-order valence-electron chi connectivity index (χ4n) is 1.49. The Hall–Kier alpha value is -1.47. The number of nitrogens with one attached hydrogen (secondary N) is 1. The summed E-state index contributed by atoms with van der Waals surface area (Å²) in [6.07, 6.45) is 0.217. The molecule has 1 amide bonds. The van der Waals surface area contributed by atoms with Crippen LogP contribution in [0.2, 0.25) is 0 Å². The number of aromatic nitrogens is 1. The third-order valence-electron chi connectivity index (χ3n) is 2.54. The molecule has 7 heteroatoms. The maximum absolute atomic E-state index is 12.0. The largest absolute Gasteiger partial charge is 0.480 e. The van der Waals surface area contributed by atoms with Gasteiger partial charge in [-0.05, 0) is 39.2 Å². The lowest BCUT2D eigenvalue weighted by atomic mass is 10.1. The second-order valence-corrected chi connectivity index (χ2v) is 6.06. The normalized spacial score (nSPS) is 13.0. The number of ether oxygens (including phenoxy) is 1. The zero-order valence-corrected chi connectivity index (χ0v) is 12.9. The van der Waals surface area contributed by atoms with Crippen LogP contribution in [0.25, 0.3) is 0 Å². The number of hydrogen-bond donors (Lipinski definition) is 2. The minimum absolute atomic E-state index is 0.217. The lowest BCUT2D eigenvalue weighted by Gasteiger charge is -2.21. The molecule has 0 bridgehead atoms. The van der Waals surface area contributed by atoms with Gasteiger partial charge in [0.15, 0.2) is 0 Å². The van der Waals surface area contributed by atoms with Gasteiger partial charge in [-0.2, -0.15) is 4.37 Å². The van der Waals surface area contributed by atoms with Crippen molar-refractivity contribution < 1.29 is 19.4 Å². The van der Waals surface area contributed by atoms with Gasteiger partial charge in [-0.25, -0.2) is 4.79 Å². The summed E-state index contributed by atoms with van der Waals surface area (Å²) in [4.78, 5) is 23.1. The molecule has 1 heterocycles. The molecule has 20 heavy (non-hydrogen) atoms. The summed E-state index contributed by atoms with van der Waals surface area (Å²) in [5, 5.41) is 13.2. The summed E-state index contributed by atoms with van der Waals surface area (Å²) in [6.45, 7) is 7.65. The van der Waals surface area contributed by atoms with Crippen LogP contribution in [0.3, 0.4) is 0 Å². The van der Waals surface area contributed by atoms with Crippen LogP contribution in [0.4, 0.5) is 0 Å². The highest BCUT2D eigenvalue weighted by Crippen LogP contribution is 2.11. The monoisotopic (exact) mass is 300 g/mol. The number of aryl methyl sites for hydroxylation is 1. The summed E-state index contributed by atoms with van der Waals surface area (Å²) >= 11 is 1.17. The maximum Gasteiger partial charge on any atom is 0.326 e. The Labute approximate surface area is 122 Å². The van der Waals surface area contributed by atoms with Crippen LogP contribution in [0.1, 0.15) is 43.2 Å². The van der Waals surface area contributed by atoms with Crippen LogP contribution >= 0.6 is 11.5 Å². The fraction of sp³-hybridized carbons (Fsp3) is 0.615. The zero-order chi connectivity index (χ0) is 15.3. The molecule has 1 unspecified atom stereocenters. The molecular formula is C13H20N2O4S. The van der Waals surface area contributed by atoms with E-state index in [-0.39, 0.29) is 18.6 Å². The average molecular weight is 300 g/mol. The quantitative estimate of drug-likeness (QED) is 0.837. The lowest BCUT2D eigenvalue weighted by Crippen LogP contribution is -2.42. The zero-order valence-electron chi connectivity index (χ0n) is 12.1. The molecule has 6 nitrogen and oxygen atoms in total. The van der Waals surface area contributed by atoms with Gasteiger partial charge in [0.05, 0.1) is 16.9 Å². The van der Waals surface area contributed by atoms with Gasteiger partial charge in [-0.1, -0.05) is 0 Å². The fourth-order valence-corrected chi connectivity index (χ4v) is 2.18. The Balaban J connectivity index is 2.58. The number of aliphatic carboxylic acids is 1. The lowest BCUT2D eigenvalue weighted by molar-refractivity contribution is -0.140. The van der Waals surface area contributed by atoms with Crippen molar-refractivity contribution >= 4 is 23.4 Å². The predicted molar refractivity (Wildman–Crippen MR) is 76.1 cm³/mol. The Morgan fingerprint density at radius 1 is 1.50 bits per heavy atom. The smallest absolute Gasteiger partial charge is 0.326 e. The van der Waals surface area contributed by atoms with Crippen molar-refractivity contribution in [3.63, 3.8) is 0 Å². The second-order valence-electron chi connectivity index (χ2n) is 5.43. The third kappa shape index (κ3) is 5.26. The van der Waals surface area contributed by atoms with Crippen LogP contribution in [-0.4, -0.2) is 39.6 Å². The molecule has 0 aliphatic carbocycles. The van der Waals surface area contributed by atoms with E-state index in [4.69, 9.17) is 9.84 Å². The van der Waals surface area contributed by atoms with E-state index in [1.54, 1.807) is 12.3 Å². The van der Waals surface area contributed by atoms with E-state index < -0.39 is 17.9 Å². The number of carbonyl (C=O) groups is 2. The highest BCUT2D eigenvalue weighted by atomic mass is 32.1. The Kier molecular flexibility index (Phi) is 5.64. The summed E-state index contributed by atoms with van der Waals surface area (Å²) in [5.41, 5.74) is 0.682. The van der Waals surface area contributed by atoms with Gasteiger partial charge < -0.3 is 15.2 Å². The molecular weight excluding hydrogens is 280 g/mol. The SMILES string of the molecule is Cc1nscc1C(=O)NC(CCOC(C)(C)C)C(=O)O. The number of carbonyl (C=O) groups excluding carboxylic acids is 1. The first kappa shape index (κ1) is 16.6. The van der Waals surface area contributed by atoms with E-state index in [2.05, 4.69) is 9.69 Å². The maximum atomic E-state index is 12.0. The first-order chi connectivity index (χ1) is 9.20. The van der Waals surface area contributed by atoms with Crippen LogP contribution < -0.4 is 5.32 Å². The number of carboxylic acid groups (broad SMARTS) is 1. The van der Waals surface area contributed by atoms with E-state index in [1.807, 2.05) is 20.8 Å². The minimum Gasteiger partial charge on any atom is -0.480 e. The molecule has 1 atom stereocenters. The van der Waals surface area contributed by atoms with E-state index in [9.17, 15) is 9.59 Å². The number of rotatable bonds is 6. The molecule has 112 valence electrons. The van der Waals surface area contributed by atoms with Crippen molar-refractivity contribution in [1.82, 2.24) is 9.69 Å². The van der Waals surface area contributed by atoms with Gasteiger partial charge in [-0.3, -0.25) is 4.79 Å². The molecule has 0 spiro atoms. The van der Waals surface area contributed by atoms with Crippen molar-refractivity contribution in [3.8, 4) is 0 Å². The van der Waals surface area contributed by atoms with Gasteiger partial charge in [-0.15, -0.1) is 0 Å².